The van der Waals surface area contributed by atoms with Gasteiger partial charge in [-0.2, -0.15) is 9.37 Å². The number of carbonyl (C=O) groups excluding carboxylic acids is 1. The van der Waals surface area contributed by atoms with Crippen molar-refractivity contribution in [2.45, 2.75) is 39.0 Å². The Morgan fingerprint density at radius 2 is 2.32 bits per heavy atom. The molecule has 4 heterocycles. The highest BCUT2D eigenvalue weighted by Gasteiger charge is 2.32. The molecule has 8 nitrogen and oxygen atoms in total. The number of anilines is 1. The van der Waals surface area contributed by atoms with Crippen LogP contribution in [0.2, 0.25) is 0 Å². The molecule has 0 aliphatic carbocycles. The summed E-state index contributed by atoms with van der Waals surface area (Å²) in [5.74, 6) is -0.279. The monoisotopic (exact) mass is 402 g/mol. The number of ether oxygens (including phenoxy) is 1. The molecule has 0 aromatic carbocycles. The Bertz CT molecular complexity index is 1010. The van der Waals surface area contributed by atoms with Crippen molar-refractivity contribution in [2.24, 2.45) is 0 Å². The van der Waals surface area contributed by atoms with E-state index in [0.717, 1.165) is 28.7 Å². The van der Waals surface area contributed by atoms with Gasteiger partial charge in [0.15, 0.2) is 5.13 Å². The Labute approximate surface area is 164 Å². The van der Waals surface area contributed by atoms with Gasteiger partial charge in [0.2, 0.25) is 17.7 Å². The first kappa shape index (κ1) is 18.6. The van der Waals surface area contributed by atoms with Crippen LogP contribution in [-0.2, 0) is 11.3 Å². The Kier molecular flexibility index (Phi) is 5.14. The number of halogens is 1. The molecule has 1 amide bonds. The minimum Gasteiger partial charge on any atom is -0.472 e. The fourth-order valence-corrected chi connectivity index (χ4v) is 4.22. The van der Waals surface area contributed by atoms with Crippen LogP contribution in [0.25, 0.3) is 10.9 Å². The molecule has 0 bridgehead atoms. The smallest absolute Gasteiger partial charge is 0.230 e. The Balaban J connectivity index is 1.45. The molecule has 1 fully saturated rings. The van der Waals surface area contributed by atoms with Crippen LogP contribution >= 0.6 is 11.3 Å². The van der Waals surface area contributed by atoms with Crippen LogP contribution in [0.3, 0.4) is 0 Å². The molecule has 1 aliphatic rings. The van der Waals surface area contributed by atoms with Crippen molar-refractivity contribution in [1.82, 2.24) is 24.8 Å². The second-order valence-corrected chi connectivity index (χ2v) is 7.82. The number of rotatable bonds is 5. The standard InChI is InChI=1S/C18H19FN6O2S/c1-10-5-12(27-17-13-3-4-20-6-14(13)21-9-22-17)7-25(10)8-15-16(19)24-18(28-15)23-11(2)26/h3-4,6,9-10,12H,5,7-8H2,1-2H3,(H,23,24,26). The molecule has 3 aromatic heterocycles. The molecule has 1 aliphatic heterocycles. The molecule has 1 saturated heterocycles. The number of carbonyl (C=O) groups is 1. The number of hydrogen-bond donors (Lipinski definition) is 1. The lowest BCUT2D eigenvalue weighted by atomic mass is 10.2. The van der Waals surface area contributed by atoms with E-state index in [9.17, 15) is 9.18 Å². The van der Waals surface area contributed by atoms with Gasteiger partial charge in [-0.15, -0.1) is 0 Å². The summed E-state index contributed by atoms with van der Waals surface area (Å²) in [7, 11) is 0. The zero-order valence-corrected chi connectivity index (χ0v) is 16.2. The SMILES string of the molecule is CC(=O)Nc1nc(F)c(CN2CC(Oc3ncnc4cnccc34)CC2C)s1. The number of hydrogen-bond acceptors (Lipinski definition) is 8. The molecule has 0 spiro atoms. The van der Waals surface area contributed by atoms with Gasteiger partial charge in [0.1, 0.15) is 12.4 Å². The van der Waals surface area contributed by atoms with E-state index in [1.54, 1.807) is 12.4 Å². The summed E-state index contributed by atoms with van der Waals surface area (Å²) < 4.78 is 20.3. The second-order valence-electron chi connectivity index (χ2n) is 6.74. The molecule has 10 heteroatoms. The highest BCUT2D eigenvalue weighted by molar-refractivity contribution is 7.15. The zero-order valence-electron chi connectivity index (χ0n) is 15.4. The fourth-order valence-electron chi connectivity index (χ4n) is 3.31. The number of thiazole rings is 1. The van der Waals surface area contributed by atoms with Gasteiger partial charge in [-0.3, -0.25) is 14.7 Å². The Hall–Kier alpha value is -2.72. The molecule has 1 N–H and O–H groups in total. The predicted molar refractivity (Wildman–Crippen MR) is 103 cm³/mol. The van der Waals surface area contributed by atoms with Gasteiger partial charge in [-0.05, 0) is 13.0 Å². The Morgan fingerprint density at radius 3 is 3.14 bits per heavy atom. The molecule has 0 radical (unpaired) electrons. The molecule has 2 atom stereocenters. The van der Waals surface area contributed by atoms with Crippen LogP contribution in [0.15, 0.2) is 24.8 Å². The second kappa shape index (κ2) is 7.72. The summed E-state index contributed by atoms with van der Waals surface area (Å²) in [5.41, 5.74) is 0.729. The lowest BCUT2D eigenvalue weighted by molar-refractivity contribution is -0.114. The number of nitrogens with one attached hydrogen (secondary N) is 1. The van der Waals surface area contributed by atoms with Crippen molar-refractivity contribution in [2.75, 3.05) is 11.9 Å². The number of amides is 1. The third kappa shape index (κ3) is 3.92. The summed E-state index contributed by atoms with van der Waals surface area (Å²) in [6.45, 7) is 4.51. The number of fused-ring (bicyclic) bond motifs is 1. The molecule has 3 aromatic rings. The van der Waals surface area contributed by atoms with Gasteiger partial charge in [0.25, 0.3) is 0 Å². The van der Waals surface area contributed by atoms with Crippen LogP contribution in [0.1, 0.15) is 25.1 Å². The van der Waals surface area contributed by atoms with Crippen molar-refractivity contribution < 1.29 is 13.9 Å². The minimum atomic E-state index is -0.542. The molecule has 4 rings (SSSR count). The van der Waals surface area contributed by atoms with Crippen molar-refractivity contribution in [3.8, 4) is 5.88 Å². The lowest BCUT2D eigenvalue weighted by Crippen LogP contribution is -2.28. The van der Waals surface area contributed by atoms with E-state index in [4.69, 9.17) is 4.74 Å². The lowest BCUT2D eigenvalue weighted by Gasteiger charge is -2.19. The highest BCUT2D eigenvalue weighted by Crippen LogP contribution is 2.29. The maximum Gasteiger partial charge on any atom is 0.230 e. The number of pyridine rings is 1. The van der Waals surface area contributed by atoms with Gasteiger partial charge in [0, 0.05) is 38.7 Å². The van der Waals surface area contributed by atoms with E-state index >= 15 is 0 Å². The van der Waals surface area contributed by atoms with Crippen LogP contribution in [-0.4, -0.2) is 49.4 Å². The van der Waals surface area contributed by atoms with Gasteiger partial charge in [-0.1, -0.05) is 11.3 Å². The summed E-state index contributed by atoms with van der Waals surface area (Å²) in [6.07, 6.45) is 5.56. The normalized spacial score (nSPS) is 19.8. The van der Waals surface area contributed by atoms with Crippen LogP contribution in [0, 0.1) is 5.95 Å². The van der Waals surface area contributed by atoms with Gasteiger partial charge in [0.05, 0.1) is 22.0 Å². The van der Waals surface area contributed by atoms with Gasteiger partial charge < -0.3 is 10.1 Å². The number of nitrogens with zero attached hydrogens (tertiary/aromatic N) is 5. The average Bonchev–Trinajstić information content (AvgIpc) is 3.17. The minimum absolute atomic E-state index is 0.0629. The third-order valence-electron chi connectivity index (χ3n) is 4.63. The number of likely N-dealkylation sites (tertiary alicyclic amines) is 1. The third-order valence-corrected chi connectivity index (χ3v) is 5.56. The zero-order chi connectivity index (χ0) is 19.7. The van der Waals surface area contributed by atoms with Gasteiger partial charge >= 0.3 is 0 Å². The van der Waals surface area contributed by atoms with Crippen molar-refractivity contribution in [3.63, 3.8) is 0 Å². The predicted octanol–water partition coefficient (Wildman–Crippen LogP) is 2.62. The van der Waals surface area contributed by atoms with E-state index in [-0.39, 0.29) is 23.2 Å². The topological polar surface area (TPSA) is 93.1 Å². The first-order valence-corrected chi connectivity index (χ1v) is 9.69. The Morgan fingerprint density at radius 1 is 1.46 bits per heavy atom. The first-order valence-electron chi connectivity index (χ1n) is 8.88. The fraction of sp³-hybridized carbons (Fsp3) is 0.389. The maximum atomic E-state index is 14.1. The van der Waals surface area contributed by atoms with E-state index < -0.39 is 5.95 Å². The molecule has 28 heavy (non-hydrogen) atoms. The van der Waals surface area contributed by atoms with Gasteiger partial charge in [-0.25, -0.2) is 9.97 Å². The molecule has 146 valence electrons. The first-order chi connectivity index (χ1) is 13.5. The number of aromatic nitrogens is 4. The molecular formula is C18H19FN6O2S. The van der Waals surface area contributed by atoms with Crippen molar-refractivity contribution >= 4 is 33.3 Å². The van der Waals surface area contributed by atoms with E-state index in [1.165, 1.54) is 13.3 Å². The van der Waals surface area contributed by atoms with Crippen LogP contribution < -0.4 is 10.1 Å². The maximum absolute atomic E-state index is 14.1. The summed E-state index contributed by atoms with van der Waals surface area (Å²) in [4.78, 5) is 30.1. The molecule has 0 saturated carbocycles. The molecular weight excluding hydrogens is 383 g/mol. The van der Waals surface area contributed by atoms with E-state index in [0.29, 0.717) is 23.8 Å². The quantitative estimate of drug-likeness (QED) is 0.701. The van der Waals surface area contributed by atoms with E-state index in [1.807, 2.05) is 6.07 Å². The van der Waals surface area contributed by atoms with Crippen LogP contribution in [0.4, 0.5) is 9.52 Å². The largest absolute Gasteiger partial charge is 0.472 e. The van der Waals surface area contributed by atoms with Crippen LogP contribution in [0.5, 0.6) is 5.88 Å². The van der Waals surface area contributed by atoms with E-state index in [2.05, 4.69) is 37.1 Å². The molecule has 2 unspecified atom stereocenters. The van der Waals surface area contributed by atoms with Crippen molar-refractivity contribution in [3.05, 3.63) is 35.6 Å². The summed E-state index contributed by atoms with van der Waals surface area (Å²) >= 11 is 1.16. The van der Waals surface area contributed by atoms with Crippen molar-refractivity contribution in [1.29, 1.82) is 0 Å². The highest BCUT2D eigenvalue weighted by atomic mass is 32.1. The summed E-state index contributed by atoms with van der Waals surface area (Å²) in [5, 5.41) is 3.62. The summed E-state index contributed by atoms with van der Waals surface area (Å²) in [6, 6.07) is 2.04. The average molecular weight is 402 g/mol.